The van der Waals surface area contributed by atoms with Crippen LogP contribution in [0.5, 0.6) is 5.75 Å². The van der Waals surface area contributed by atoms with Gasteiger partial charge < -0.3 is 20.7 Å². The van der Waals surface area contributed by atoms with Gasteiger partial charge in [0.2, 0.25) is 0 Å². The molecule has 1 aliphatic rings. The van der Waals surface area contributed by atoms with Gasteiger partial charge in [-0.2, -0.15) is 0 Å². The number of carbonyl (C=O) groups is 1. The Hall–Kier alpha value is -2.93. The molecule has 0 bridgehead atoms. The summed E-state index contributed by atoms with van der Waals surface area (Å²) in [6.07, 6.45) is 0. The third-order valence-corrected chi connectivity index (χ3v) is 4.36. The highest BCUT2D eigenvalue weighted by Crippen LogP contribution is 2.29. The third kappa shape index (κ3) is 4.43. The van der Waals surface area contributed by atoms with E-state index in [1.165, 1.54) is 24.3 Å². The molecule has 0 saturated heterocycles. The summed E-state index contributed by atoms with van der Waals surface area (Å²) < 4.78 is 18.6. The summed E-state index contributed by atoms with van der Waals surface area (Å²) in [6, 6.07) is 12.7. The summed E-state index contributed by atoms with van der Waals surface area (Å²) in [5, 5.41) is 9.39. The van der Waals surface area contributed by atoms with Crippen molar-refractivity contribution >= 4 is 28.9 Å². The van der Waals surface area contributed by atoms with Gasteiger partial charge in [-0.15, -0.1) is 0 Å². The first-order chi connectivity index (χ1) is 13.0. The number of carbonyl (C=O) groups excluding carboxylic acids is 1. The number of allylic oxidation sites excluding steroid dienone is 1. The van der Waals surface area contributed by atoms with Gasteiger partial charge in [0.1, 0.15) is 11.6 Å². The maximum absolute atomic E-state index is 13.1. The quantitative estimate of drug-likeness (QED) is 0.686. The van der Waals surface area contributed by atoms with Crippen molar-refractivity contribution in [2.24, 2.45) is 0 Å². The number of nitrogens with one attached hydrogen (secondary N) is 3. The fraction of sp³-hybridized carbons (Fsp3) is 0.200. The van der Waals surface area contributed by atoms with Crippen molar-refractivity contribution in [3.05, 3.63) is 71.2 Å². The van der Waals surface area contributed by atoms with E-state index >= 15 is 0 Å². The Morgan fingerprint density at radius 3 is 2.48 bits per heavy atom. The van der Waals surface area contributed by atoms with Gasteiger partial charge in [-0.25, -0.2) is 4.39 Å². The van der Waals surface area contributed by atoms with Gasteiger partial charge in [0.05, 0.1) is 18.2 Å². The van der Waals surface area contributed by atoms with Crippen LogP contribution < -0.4 is 20.7 Å². The van der Waals surface area contributed by atoms with Crippen molar-refractivity contribution in [1.82, 2.24) is 10.6 Å². The van der Waals surface area contributed by atoms with Crippen LogP contribution in [-0.4, -0.2) is 17.6 Å². The monoisotopic (exact) mass is 385 g/mol. The van der Waals surface area contributed by atoms with Crippen LogP contribution in [0.3, 0.4) is 0 Å². The van der Waals surface area contributed by atoms with Crippen molar-refractivity contribution in [3.63, 3.8) is 0 Å². The van der Waals surface area contributed by atoms with Gasteiger partial charge in [-0.3, -0.25) is 4.79 Å². The maximum Gasteiger partial charge on any atom is 0.255 e. The Balaban J connectivity index is 1.89. The summed E-state index contributed by atoms with van der Waals surface area (Å²) in [5.74, 6) is 0.110. The fourth-order valence-corrected chi connectivity index (χ4v) is 3.17. The van der Waals surface area contributed by atoms with Gasteiger partial charge in [0.25, 0.3) is 5.91 Å². The van der Waals surface area contributed by atoms with Gasteiger partial charge >= 0.3 is 0 Å². The average Bonchev–Trinajstić information content (AvgIpc) is 2.64. The topological polar surface area (TPSA) is 62.4 Å². The fourth-order valence-electron chi connectivity index (χ4n) is 2.90. The molecule has 0 fully saturated rings. The number of anilines is 1. The summed E-state index contributed by atoms with van der Waals surface area (Å²) in [5.41, 5.74) is 2.57. The van der Waals surface area contributed by atoms with Crippen LogP contribution in [0.2, 0.25) is 0 Å². The smallest absolute Gasteiger partial charge is 0.255 e. The van der Waals surface area contributed by atoms with E-state index in [4.69, 9.17) is 17.0 Å². The number of ether oxygens (including phenoxy) is 1. The molecule has 7 heteroatoms. The van der Waals surface area contributed by atoms with E-state index in [0.29, 0.717) is 28.7 Å². The highest BCUT2D eigenvalue weighted by Gasteiger charge is 2.29. The van der Waals surface area contributed by atoms with E-state index in [-0.39, 0.29) is 11.7 Å². The Labute approximate surface area is 162 Å². The lowest BCUT2D eigenvalue weighted by atomic mass is 9.95. The molecule has 0 unspecified atom stereocenters. The highest BCUT2D eigenvalue weighted by molar-refractivity contribution is 7.80. The first kappa shape index (κ1) is 18.8. The molecule has 0 aromatic heterocycles. The van der Waals surface area contributed by atoms with E-state index < -0.39 is 6.04 Å². The van der Waals surface area contributed by atoms with Crippen LogP contribution in [0.15, 0.2) is 59.8 Å². The highest BCUT2D eigenvalue weighted by atomic mass is 32.1. The molecule has 1 aliphatic heterocycles. The van der Waals surface area contributed by atoms with Crippen LogP contribution in [0, 0.1) is 5.82 Å². The second-order valence-corrected chi connectivity index (χ2v) is 6.44. The van der Waals surface area contributed by atoms with Gasteiger partial charge in [-0.1, -0.05) is 12.1 Å². The molecule has 0 aliphatic carbocycles. The normalized spacial score (nSPS) is 16.4. The molecule has 0 saturated carbocycles. The minimum Gasteiger partial charge on any atom is -0.494 e. The van der Waals surface area contributed by atoms with Gasteiger partial charge in [0, 0.05) is 11.4 Å². The predicted molar refractivity (Wildman–Crippen MR) is 107 cm³/mol. The van der Waals surface area contributed by atoms with Crippen LogP contribution in [0.4, 0.5) is 10.1 Å². The Bertz CT molecular complexity index is 879. The number of benzene rings is 2. The summed E-state index contributed by atoms with van der Waals surface area (Å²) in [6.45, 7) is 4.30. The van der Waals surface area contributed by atoms with Crippen molar-refractivity contribution in [3.8, 4) is 5.75 Å². The van der Waals surface area contributed by atoms with E-state index in [1.807, 2.05) is 31.2 Å². The van der Waals surface area contributed by atoms with Gasteiger partial charge in [-0.05, 0) is 68.0 Å². The molecule has 140 valence electrons. The molecular formula is C20H20FN3O2S. The first-order valence-corrected chi connectivity index (χ1v) is 8.96. The van der Waals surface area contributed by atoms with E-state index in [1.54, 1.807) is 6.92 Å². The van der Waals surface area contributed by atoms with E-state index in [0.717, 1.165) is 11.3 Å². The van der Waals surface area contributed by atoms with Crippen LogP contribution >= 0.6 is 12.2 Å². The van der Waals surface area contributed by atoms with Crippen LogP contribution in [0.1, 0.15) is 25.5 Å². The Morgan fingerprint density at radius 1 is 1.19 bits per heavy atom. The van der Waals surface area contributed by atoms with Crippen molar-refractivity contribution in [2.45, 2.75) is 19.9 Å². The lowest BCUT2D eigenvalue weighted by Gasteiger charge is -2.30. The van der Waals surface area contributed by atoms with Crippen LogP contribution in [0.25, 0.3) is 0 Å². The molecule has 0 spiro atoms. The number of hydrogen-bond donors (Lipinski definition) is 3. The minimum absolute atomic E-state index is 0.291. The molecule has 2 aromatic carbocycles. The molecule has 2 aromatic rings. The molecule has 1 heterocycles. The number of hydrogen-bond acceptors (Lipinski definition) is 3. The molecule has 3 rings (SSSR count). The maximum atomic E-state index is 13.1. The summed E-state index contributed by atoms with van der Waals surface area (Å²) >= 11 is 5.26. The largest absolute Gasteiger partial charge is 0.494 e. The SMILES string of the molecule is CCOc1ccc([C@@H]2NC(=S)NC(C)=C2C(=O)Nc2ccc(F)cc2)cc1. The summed E-state index contributed by atoms with van der Waals surface area (Å²) in [7, 11) is 0. The molecule has 1 amide bonds. The molecule has 1 atom stereocenters. The van der Waals surface area contributed by atoms with E-state index in [9.17, 15) is 9.18 Å². The molecular weight excluding hydrogens is 365 g/mol. The van der Waals surface area contributed by atoms with E-state index in [2.05, 4.69) is 16.0 Å². The second kappa shape index (κ2) is 8.18. The zero-order chi connectivity index (χ0) is 19.4. The van der Waals surface area contributed by atoms with Crippen molar-refractivity contribution < 1.29 is 13.9 Å². The minimum atomic E-state index is -0.408. The lowest BCUT2D eigenvalue weighted by molar-refractivity contribution is -0.113. The molecule has 5 nitrogen and oxygen atoms in total. The number of rotatable bonds is 5. The average molecular weight is 385 g/mol. The molecule has 27 heavy (non-hydrogen) atoms. The van der Waals surface area contributed by atoms with Crippen molar-refractivity contribution in [2.75, 3.05) is 11.9 Å². The zero-order valence-electron chi connectivity index (χ0n) is 15.0. The first-order valence-electron chi connectivity index (χ1n) is 8.56. The number of thiocarbonyl (C=S) groups is 1. The number of halogens is 1. The zero-order valence-corrected chi connectivity index (χ0v) is 15.8. The Morgan fingerprint density at radius 2 is 1.85 bits per heavy atom. The van der Waals surface area contributed by atoms with Gasteiger partial charge in [0.15, 0.2) is 5.11 Å². The second-order valence-electron chi connectivity index (χ2n) is 6.03. The predicted octanol–water partition coefficient (Wildman–Crippen LogP) is 3.66. The Kier molecular flexibility index (Phi) is 5.71. The van der Waals surface area contributed by atoms with Crippen molar-refractivity contribution in [1.29, 1.82) is 0 Å². The third-order valence-electron chi connectivity index (χ3n) is 4.14. The lowest BCUT2D eigenvalue weighted by Crippen LogP contribution is -2.45. The van der Waals surface area contributed by atoms with Crippen LogP contribution in [-0.2, 0) is 4.79 Å². The molecule has 0 radical (unpaired) electrons. The summed E-state index contributed by atoms with van der Waals surface area (Å²) in [4.78, 5) is 12.9. The number of amides is 1. The standard InChI is InChI=1S/C20H20FN3O2S/c1-3-26-16-10-4-13(5-11-16)18-17(12(2)22-20(27)24-18)19(25)23-15-8-6-14(21)7-9-15/h4-11,18H,3H2,1-2H3,(H,23,25)(H2,22,24,27)/t18-/m0/s1. The molecule has 3 N–H and O–H groups in total.